The van der Waals surface area contributed by atoms with E-state index < -0.39 is 17.5 Å². The lowest BCUT2D eigenvalue weighted by Gasteiger charge is -2.20. The third-order valence-corrected chi connectivity index (χ3v) is 4.98. The van der Waals surface area contributed by atoms with Crippen LogP contribution in [0.5, 0.6) is 5.75 Å². The second-order valence-electron chi connectivity index (χ2n) is 7.31. The first kappa shape index (κ1) is 20.5. The minimum atomic E-state index is -0.699. The van der Waals surface area contributed by atoms with Gasteiger partial charge in [0.25, 0.3) is 11.8 Å². The molecule has 7 heteroatoms. The highest BCUT2D eigenvalue weighted by Crippen LogP contribution is 2.26. The number of benzene rings is 3. The molecule has 5 nitrogen and oxygen atoms in total. The number of ether oxygens (including phenoxy) is 1. The highest BCUT2D eigenvalue weighted by molar-refractivity contribution is 5.94. The van der Waals surface area contributed by atoms with Crippen LogP contribution in [-0.2, 0) is 24.4 Å². The maximum Gasteiger partial charge on any atom is 0.261 e. The van der Waals surface area contributed by atoms with Crippen LogP contribution in [-0.4, -0.2) is 23.3 Å². The molecule has 158 valence electrons. The predicted octanol–water partition coefficient (Wildman–Crippen LogP) is 3.82. The van der Waals surface area contributed by atoms with Crippen molar-refractivity contribution in [3.05, 3.63) is 101 Å². The van der Waals surface area contributed by atoms with E-state index in [1.165, 1.54) is 12.1 Å². The number of amides is 2. The summed E-state index contributed by atoms with van der Waals surface area (Å²) in [5.74, 6) is -1.38. The highest BCUT2D eigenvalue weighted by atomic mass is 19.1. The maximum absolute atomic E-state index is 13.3. The third-order valence-electron chi connectivity index (χ3n) is 4.98. The normalized spacial score (nSPS) is 13.2. The number of carbonyl (C=O) groups excluding carboxylic acids is 2. The summed E-state index contributed by atoms with van der Waals surface area (Å²) in [7, 11) is 0. The fourth-order valence-electron chi connectivity index (χ4n) is 3.45. The smallest absolute Gasteiger partial charge is 0.261 e. The van der Waals surface area contributed by atoms with E-state index in [2.05, 4.69) is 5.32 Å². The van der Waals surface area contributed by atoms with E-state index in [4.69, 9.17) is 4.74 Å². The first-order valence-electron chi connectivity index (χ1n) is 9.78. The summed E-state index contributed by atoms with van der Waals surface area (Å²) in [6, 6.07) is 17.7. The summed E-state index contributed by atoms with van der Waals surface area (Å²) in [5.41, 5.74) is 2.40. The number of nitrogens with zero attached hydrogens (tertiary/aromatic N) is 1. The molecular weight excluding hydrogens is 402 g/mol. The standard InChI is InChI=1S/C24H20F2N2O3/c25-20-8-17(9-21(26)11-20)12-27-24(30)18-6-7-22-19(10-18)14-28(23(29)15-31-22)13-16-4-2-1-3-5-16/h1-11H,12-15H2,(H,27,30). The number of carbonyl (C=O) groups is 2. The predicted molar refractivity (Wildman–Crippen MR) is 110 cm³/mol. The first-order chi connectivity index (χ1) is 15.0. The molecule has 1 N–H and O–H groups in total. The van der Waals surface area contributed by atoms with Crippen molar-refractivity contribution in [2.45, 2.75) is 19.6 Å². The molecule has 0 spiro atoms. The van der Waals surface area contributed by atoms with Crippen LogP contribution >= 0.6 is 0 Å². The molecule has 31 heavy (non-hydrogen) atoms. The van der Waals surface area contributed by atoms with Gasteiger partial charge in [0.15, 0.2) is 6.61 Å². The Bertz CT molecular complexity index is 1100. The topological polar surface area (TPSA) is 58.6 Å². The Morgan fingerprint density at radius 3 is 2.45 bits per heavy atom. The number of hydrogen-bond acceptors (Lipinski definition) is 3. The van der Waals surface area contributed by atoms with E-state index in [0.717, 1.165) is 11.6 Å². The van der Waals surface area contributed by atoms with Gasteiger partial charge < -0.3 is 15.0 Å². The Morgan fingerprint density at radius 1 is 0.968 bits per heavy atom. The Balaban J connectivity index is 1.48. The molecule has 0 bridgehead atoms. The van der Waals surface area contributed by atoms with Crippen LogP contribution in [0, 0.1) is 11.6 Å². The third kappa shape index (κ3) is 5.06. The van der Waals surface area contributed by atoms with E-state index in [1.54, 1.807) is 23.1 Å². The fourth-order valence-corrected chi connectivity index (χ4v) is 3.45. The lowest BCUT2D eigenvalue weighted by atomic mass is 10.1. The van der Waals surface area contributed by atoms with Crippen LogP contribution in [0.25, 0.3) is 0 Å². The molecule has 0 unspecified atom stereocenters. The quantitative estimate of drug-likeness (QED) is 0.680. The van der Waals surface area contributed by atoms with Gasteiger partial charge in [-0.15, -0.1) is 0 Å². The van der Waals surface area contributed by atoms with E-state index in [-0.39, 0.29) is 19.1 Å². The van der Waals surface area contributed by atoms with Gasteiger partial charge in [-0.25, -0.2) is 8.78 Å². The zero-order chi connectivity index (χ0) is 21.8. The molecule has 4 rings (SSSR count). The van der Waals surface area contributed by atoms with E-state index in [1.807, 2.05) is 30.3 Å². The Hall–Kier alpha value is -3.74. The number of hydrogen-bond donors (Lipinski definition) is 1. The summed E-state index contributed by atoms with van der Waals surface area (Å²) in [4.78, 5) is 26.7. The molecule has 1 aliphatic heterocycles. The molecule has 0 radical (unpaired) electrons. The maximum atomic E-state index is 13.3. The number of rotatable bonds is 5. The van der Waals surface area contributed by atoms with Gasteiger partial charge >= 0.3 is 0 Å². The van der Waals surface area contributed by atoms with Crippen molar-refractivity contribution >= 4 is 11.8 Å². The van der Waals surface area contributed by atoms with Crippen LogP contribution in [0.1, 0.15) is 27.0 Å². The molecule has 0 fully saturated rings. The first-order valence-corrected chi connectivity index (χ1v) is 9.78. The van der Waals surface area contributed by atoms with Gasteiger partial charge in [0.1, 0.15) is 17.4 Å². The van der Waals surface area contributed by atoms with Crippen LogP contribution in [0.3, 0.4) is 0 Å². The van der Waals surface area contributed by atoms with Gasteiger partial charge in [0.05, 0.1) is 0 Å². The largest absolute Gasteiger partial charge is 0.483 e. The van der Waals surface area contributed by atoms with Crippen molar-refractivity contribution in [3.8, 4) is 5.75 Å². The second-order valence-corrected chi connectivity index (χ2v) is 7.31. The minimum absolute atomic E-state index is 0.0142. The van der Waals surface area contributed by atoms with Crippen molar-refractivity contribution < 1.29 is 23.1 Å². The summed E-state index contributed by atoms with van der Waals surface area (Å²) in [5, 5.41) is 2.66. The molecule has 0 aliphatic carbocycles. The summed E-state index contributed by atoms with van der Waals surface area (Å²) in [6.45, 7) is 0.652. The van der Waals surface area contributed by atoms with Gasteiger partial charge in [0.2, 0.25) is 0 Å². The van der Waals surface area contributed by atoms with Crippen LogP contribution < -0.4 is 10.1 Å². The summed E-state index contributed by atoms with van der Waals surface area (Å²) >= 11 is 0. The molecule has 3 aromatic carbocycles. The Kier molecular flexibility index (Phi) is 5.93. The van der Waals surface area contributed by atoms with Crippen molar-refractivity contribution in [1.29, 1.82) is 0 Å². The molecule has 0 saturated heterocycles. The van der Waals surface area contributed by atoms with Crippen molar-refractivity contribution in [2.75, 3.05) is 6.61 Å². The van der Waals surface area contributed by atoms with E-state index >= 15 is 0 Å². The highest BCUT2D eigenvalue weighted by Gasteiger charge is 2.22. The minimum Gasteiger partial charge on any atom is -0.483 e. The fraction of sp³-hybridized carbons (Fsp3) is 0.167. The van der Waals surface area contributed by atoms with Crippen molar-refractivity contribution in [2.24, 2.45) is 0 Å². The number of fused-ring (bicyclic) bond motifs is 1. The molecule has 3 aromatic rings. The van der Waals surface area contributed by atoms with Crippen LogP contribution in [0.15, 0.2) is 66.7 Å². The average molecular weight is 422 g/mol. The second kappa shape index (κ2) is 8.95. The van der Waals surface area contributed by atoms with E-state index in [0.29, 0.717) is 35.5 Å². The van der Waals surface area contributed by atoms with Crippen molar-refractivity contribution in [1.82, 2.24) is 10.2 Å². The summed E-state index contributed by atoms with van der Waals surface area (Å²) in [6.07, 6.45) is 0. The molecule has 0 aromatic heterocycles. The van der Waals surface area contributed by atoms with E-state index in [9.17, 15) is 18.4 Å². The number of nitrogens with one attached hydrogen (secondary N) is 1. The molecular formula is C24H20F2N2O3. The Labute approximate surface area is 178 Å². The van der Waals surface area contributed by atoms with Crippen molar-refractivity contribution in [3.63, 3.8) is 0 Å². The molecule has 2 amide bonds. The van der Waals surface area contributed by atoms with Gasteiger partial charge in [-0.1, -0.05) is 30.3 Å². The molecule has 0 saturated carbocycles. The zero-order valence-corrected chi connectivity index (χ0v) is 16.6. The van der Waals surface area contributed by atoms with Gasteiger partial charge in [-0.3, -0.25) is 9.59 Å². The molecule has 1 heterocycles. The van der Waals surface area contributed by atoms with Crippen LogP contribution in [0.4, 0.5) is 8.78 Å². The summed E-state index contributed by atoms with van der Waals surface area (Å²) < 4.78 is 32.3. The molecule has 1 aliphatic rings. The van der Waals surface area contributed by atoms with Crippen LogP contribution in [0.2, 0.25) is 0 Å². The monoisotopic (exact) mass is 422 g/mol. The SMILES string of the molecule is O=C(NCc1cc(F)cc(F)c1)c1ccc2c(c1)CN(Cc1ccccc1)C(=O)CO2. The van der Waals surface area contributed by atoms with Gasteiger partial charge in [-0.2, -0.15) is 0 Å². The molecule has 0 atom stereocenters. The van der Waals surface area contributed by atoms with Gasteiger partial charge in [0, 0.05) is 36.8 Å². The lowest BCUT2D eigenvalue weighted by molar-refractivity contribution is -0.133. The average Bonchev–Trinajstić information content (AvgIpc) is 2.90. The zero-order valence-electron chi connectivity index (χ0n) is 16.6. The number of halogens is 2. The van der Waals surface area contributed by atoms with Gasteiger partial charge in [-0.05, 0) is 41.5 Å². The lowest BCUT2D eigenvalue weighted by Crippen LogP contribution is -2.31. The Morgan fingerprint density at radius 2 is 1.71 bits per heavy atom.